The lowest BCUT2D eigenvalue weighted by molar-refractivity contribution is 0.0698. The summed E-state index contributed by atoms with van der Waals surface area (Å²) in [5.41, 5.74) is 1.38. The third-order valence-corrected chi connectivity index (χ3v) is 1.44. The minimum Gasteiger partial charge on any atom is -0.478 e. The third-order valence-electron chi connectivity index (χ3n) is 1.44. The van der Waals surface area contributed by atoms with E-state index in [4.69, 9.17) is 13.0 Å². The molecule has 1 N–H and O–H groups in total. The first-order valence-corrected chi connectivity index (χ1v) is 3.20. The van der Waals surface area contributed by atoms with Crippen molar-refractivity contribution in [2.24, 2.45) is 0 Å². The highest BCUT2D eigenvalue weighted by atomic mass is 16.4. The highest BCUT2D eigenvalue weighted by Gasteiger charge is 2.04. The summed E-state index contributed by atoms with van der Waals surface area (Å²) in [7, 11) is 5.41. The van der Waals surface area contributed by atoms with Crippen molar-refractivity contribution in [2.45, 2.75) is 6.92 Å². The lowest BCUT2D eigenvalue weighted by Gasteiger charge is -2.00. The van der Waals surface area contributed by atoms with Crippen LogP contribution in [0.2, 0.25) is 0 Å². The predicted molar refractivity (Wildman–Crippen MR) is 43.5 cm³/mol. The van der Waals surface area contributed by atoms with E-state index in [9.17, 15) is 4.79 Å². The molecule has 2 radical (unpaired) electrons. The van der Waals surface area contributed by atoms with Crippen LogP contribution in [0.1, 0.15) is 15.9 Å². The zero-order valence-electron chi connectivity index (χ0n) is 6.16. The summed E-state index contributed by atoms with van der Waals surface area (Å²) in [6, 6.07) is 4.93. The number of aryl methyl sites for hydroxylation is 1. The van der Waals surface area contributed by atoms with Crippen molar-refractivity contribution in [1.82, 2.24) is 0 Å². The van der Waals surface area contributed by atoms with Gasteiger partial charge in [-0.3, -0.25) is 0 Å². The topological polar surface area (TPSA) is 37.3 Å². The Morgan fingerprint density at radius 2 is 2.18 bits per heavy atom. The van der Waals surface area contributed by atoms with Gasteiger partial charge in [-0.05, 0) is 13.0 Å². The summed E-state index contributed by atoms with van der Waals surface area (Å²) in [6.07, 6.45) is 0. The molecule has 0 atom stereocenters. The second-order valence-electron chi connectivity index (χ2n) is 2.40. The van der Waals surface area contributed by atoms with E-state index in [2.05, 4.69) is 0 Å². The molecule has 0 spiro atoms. The van der Waals surface area contributed by atoms with E-state index >= 15 is 0 Å². The Balaban J connectivity index is 3.23. The summed E-state index contributed by atoms with van der Waals surface area (Å²) < 4.78 is 0. The zero-order valence-corrected chi connectivity index (χ0v) is 6.16. The first-order valence-electron chi connectivity index (χ1n) is 3.20. The summed E-state index contributed by atoms with van der Waals surface area (Å²) in [4.78, 5) is 10.5. The summed E-state index contributed by atoms with van der Waals surface area (Å²) in [6.45, 7) is 1.83. The largest absolute Gasteiger partial charge is 0.478 e. The van der Waals surface area contributed by atoms with E-state index in [1.807, 2.05) is 6.92 Å². The summed E-state index contributed by atoms with van der Waals surface area (Å²) >= 11 is 0. The van der Waals surface area contributed by atoms with Gasteiger partial charge in [0.15, 0.2) is 0 Å². The molecule has 54 valence electrons. The molecule has 0 saturated carbocycles. The Morgan fingerprint density at radius 3 is 2.64 bits per heavy atom. The molecule has 0 heterocycles. The summed E-state index contributed by atoms with van der Waals surface area (Å²) in [5.74, 6) is -0.980. The second-order valence-corrected chi connectivity index (χ2v) is 2.40. The van der Waals surface area contributed by atoms with Gasteiger partial charge in [-0.1, -0.05) is 23.2 Å². The maximum Gasteiger partial charge on any atom is 0.335 e. The van der Waals surface area contributed by atoms with E-state index in [1.54, 1.807) is 18.2 Å². The van der Waals surface area contributed by atoms with Crippen molar-refractivity contribution < 1.29 is 9.90 Å². The molecule has 1 rings (SSSR count). The standard InChI is InChI=1S/C8H7BO2/c1-5-2-3-7(9)6(4-5)8(10)11/h2-4H,1H3,(H,10,11). The second kappa shape index (κ2) is 2.78. The Hall–Kier alpha value is -1.25. The van der Waals surface area contributed by atoms with Gasteiger partial charge in [0.25, 0.3) is 0 Å². The number of carboxylic acid groups (broad SMARTS) is 1. The van der Waals surface area contributed by atoms with Crippen molar-refractivity contribution >= 4 is 19.3 Å². The quantitative estimate of drug-likeness (QED) is 0.585. The maximum absolute atomic E-state index is 10.5. The molecule has 0 bridgehead atoms. The zero-order chi connectivity index (χ0) is 8.43. The molecule has 3 heteroatoms. The fourth-order valence-corrected chi connectivity index (χ4v) is 0.855. The van der Waals surface area contributed by atoms with E-state index in [0.29, 0.717) is 5.46 Å². The molecule has 0 aromatic heterocycles. The molecule has 0 unspecified atom stereocenters. The third kappa shape index (κ3) is 1.61. The van der Waals surface area contributed by atoms with Crippen LogP contribution in [0.4, 0.5) is 0 Å². The molecule has 1 aromatic carbocycles. The number of aromatic carboxylic acids is 1. The molecule has 0 aliphatic heterocycles. The van der Waals surface area contributed by atoms with Crippen LogP contribution < -0.4 is 5.46 Å². The first-order chi connectivity index (χ1) is 5.11. The lowest BCUT2D eigenvalue weighted by Crippen LogP contribution is -2.15. The number of rotatable bonds is 1. The van der Waals surface area contributed by atoms with Crippen LogP contribution in [0.5, 0.6) is 0 Å². The number of hydrogen-bond acceptors (Lipinski definition) is 1. The fourth-order valence-electron chi connectivity index (χ4n) is 0.855. The molecule has 0 amide bonds. The van der Waals surface area contributed by atoms with Crippen LogP contribution >= 0.6 is 0 Å². The van der Waals surface area contributed by atoms with Crippen molar-refractivity contribution in [1.29, 1.82) is 0 Å². The van der Waals surface area contributed by atoms with Crippen LogP contribution in [-0.4, -0.2) is 18.9 Å². The average Bonchev–Trinajstić information content (AvgIpc) is 1.94. The van der Waals surface area contributed by atoms with E-state index in [-0.39, 0.29) is 5.56 Å². The van der Waals surface area contributed by atoms with Gasteiger partial charge in [-0.2, -0.15) is 0 Å². The minimum absolute atomic E-state index is 0.171. The lowest BCUT2D eigenvalue weighted by atomic mass is 9.89. The van der Waals surface area contributed by atoms with Gasteiger partial charge in [0.05, 0.1) is 5.56 Å². The Kier molecular flexibility index (Phi) is 1.99. The van der Waals surface area contributed by atoms with E-state index < -0.39 is 5.97 Å². The van der Waals surface area contributed by atoms with Gasteiger partial charge < -0.3 is 5.11 Å². The molecule has 0 fully saturated rings. The van der Waals surface area contributed by atoms with E-state index in [1.165, 1.54) is 0 Å². The molecule has 0 saturated heterocycles. The van der Waals surface area contributed by atoms with Crippen LogP contribution in [0.25, 0.3) is 0 Å². The molecular weight excluding hydrogens is 139 g/mol. The van der Waals surface area contributed by atoms with Crippen LogP contribution in [0, 0.1) is 6.92 Å². The monoisotopic (exact) mass is 146 g/mol. The minimum atomic E-state index is -0.980. The number of carbonyl (C=O) groups is 1. The fraction of sp³-hybridized carbons (Fsp3) is 0.125. The van der Waals surface area contributed by atoms with Crippen LogP contribution in [0.15, 0.2) is 18.2 Å². The molecular formula is C8H7BO2. The first kappa shape index (κ1) is 7.86. The van der Waals surface area contributed by atoms with Gasteiger partial charge in [0, 0.05) is 0 Å². The number of hydrogen-bond donors (Lipinski definition) is 1. The Morgan fingerprint density at radius 1 is 1.55 bits per heavy atom. The average molecular weight is 146 g/mol. The molecule has 0 aliphatic carbocycles. The van der Waals surface area contributed by atoms with Gasteiger partial charge in [0.2, 0.25) is 0 Å². The molecule has 2 nitrogen and oxygen atoms in total. The number of benzene rings is 1. The van der Waals surface area contributed by atoms with Crippen molar-refractivity contribution in [3.63, 3.8) is 0 Å². The smallest absolute Gasteiger partial charge is 0.335 e. The Labute approximate surface area is 66.3 Å². The SMILES string of the molecule is [B]c1ccc(C)cc1C(=O)O. The summed E-state index contributed by atoms with van der Waals surface area (Å²) in [5, 5.41) is 8.61. The highest BCUT2D eigenvalue weighted by molar-refractivity contribution is 6.36. The van der Waals surface area contributed by atoms with Gasteiger partial charge in [-0.25, -0.2) is 4.79 Å². The van der Waals surface area contributed by atoms with Gasteiger partial charge in [0.1, 0.15) is 7.85 Å². The van der Waals surface area contributed by atoms with Crippen molar-refractivity contribution in [3.8, 4) is 0 Å². The van der Waals surface area contributed by atoms with Crippen LogP contribution in [-0.2, 0) is 0 Å². The maximum atomic E-state index is 10.5. The van der Waals surface area contributed by atoms with E-state index in [0.717, 1.165) is 5.56 Å². The molecule has 1 aromatic rings. The molecule has 11 heavy (non-hydrogen) atoms. The normalized spacial score (nSPS) is 9.55. The Bertz CT molecular complexity index is 294. The van der Waals surface area contributed by atoms with Crippen LogP contribution in [0.3, 0.4) is 0 Å². The van der Waals surface area contributed by atoms with Crippen molar-refractivity contribution in [2.75, 3.05) is 0 Å². The van der Waals surface area contributed by atoms with Gasteiger partial charge >= 0.3 is 5.97 Å². The predicted octanol–water partition coefficient (Wildman–Crippen LogP) is 0.487. The molecule has 0 aliphatic rings. The van der Waals surface area contributed by atoms with Gasteiger partial charge in [-0.15, -0.1) is 0 Å². The number of carboxylic acids is 1. The van der Waals surface area contributed by atoms with Crippen molar-refractivity contribution in [3.05, 3.63) is 29.3 Å². The highest BCUT2D eigenvalue weighted by Crippen LogP contribution is 1.99.